The number of halogens is 2. The van der Waals surface area contributed by atoms with Crippen LogP contribution in [0.4, 0.5) is 0 Å². The lowest BCUT2D eigenvalue weighted by Crippen LogP contribution is -2.26. The van der Waals surface area contributed by atoms with Gasteiger partial charge < -0.3 is 14.8 Å². The highest BCUT2D eigenvalue weighted by Crippen LogP contribution is 2.38. The first-order chi connectivity index (χ1) is 16.5. The highest BCUT2D eigenvalue weighted by molar-refractivity contribution is 6.32. The van der Waals surface area contributed by atoms with E-state index in [4.69, 9.17) is 32.7 Å². The summed E-state index contributed by atoms with van der Waals surface area (Å²) in [6.45, 7) is 2.94. The second kappa shape index (κ2) is 12.7. The van der Waals surface area contributed by atoms with Crippen molar-refractivity contribution in [1.29, 1.82) is 5.26 Å². The lowest BCUT2D eigenvalue weighted by Gasteiger charge is -2.15. The maximum absolute atomic E-state index is 12.5. The summed E-state index contributed by atoms with van der Waals surface area (Å²) in [6, 6.07) is 22.4. The maximum atomic E-state index is 12.5. The van der Waals surface area contributed by atoms with Crippen LogP contribution in [0.1, 0.15) is 23.6 Å². The summed E-state index contributed by atoms with van der Waals surface area (Å²) < 4.78 is 11.6. The third kappa shape index (κ3) is 7.28. The molecular weight excluding hydrogens is 471 g/mol. The largest absolute Gasteiger partial charge is 0.490 e. The minimum Gasteiger partial charge on any atom is -0.490 e. The molecule has 174 valence electrons. The summed E-state index contributed by atoms with van der Waals surface area (Å²) in [5.74, 6) is 0.369. The quantitative estimate of drug-likeness (QED) is 0.267. The van der Waals surface area contributed by atoms with Crippen LogP contribution in [0.25, 0.3) is 6.08 Å². The van der Waals surface area contributed by atoms with E-state index in [1.54, 1.807) is 24.3 Å². The Kier molecular flexibility index (Phi) is 9.40. The monoisotopic (exact) mass is 494 g/mol. The Bertz CT molecular complexity index is 1190. The van der Waals surface area contributed by atoms with Gasteiger partial charge in [-0.15, -0.1) is 0 Å². The van der Waals surface area contributed by atoms with Gasteiger partial charge in [-0.3, -0.25) is 4.79 Å². The first-order valence-corrected chi connectivity index (χ1v) is 11.5. The van der Waals surface area contributed by atoms with Crippen molar-refractivity contribution in [3.63, 3.8) is 0 Å². The molecule has 0 spiro atoms. The maximum Gasteiger partial charge on any atom is 0.261 e. The molecule has 0 aliphatic carbocycles. The fourth-order valence-electron chi connectivity index (χ4n) is 3.19. The number of benzene rings is 3. The van der Waals surface area contributed by atoms with E-state index in [1.807, 2.05) is 55.5 Å². The van der Waals surface area contributed by atoms with E-state index in [2.05, 4.69) is 5.32 Å². The van der Waals surface area contributed by atoms with Gasteiger partial charge in [0.25, 0.3) is 5.91 Å². The average molecular weight is 495 g/mol. The summed E-state index contributed by atoms with van der Waals surface area (Å²) in [5.41, 5.74) is 2.56. The van der Waals surface area contributed by atoms with Crippen LogP contribution in [0.2, 0.25) is 10.0 Å². The second-order valence-corrected chi connectivity index (χ2v) is 8.18. The molecule has 1 N–H and O–H groups in total. The second-order valence-electron chi connectivity index (χ2n) is 7.34. The molecule has 0 saturated carbocycles. The molecule has 0 aliphatic heterocycles. The van der Waals surface area contributed by atoms with Crippen molar-refractivity contribution in [2.24, 2.45) is 0 Å². The summed E-state index contributed by atoms with van der Waals surface area (Å²) >= 11 is 12.4. The van der Waals surface area contributed by atoms with Crippen LogP contribution in [0, 0.1) is 11.3 Å². The molecule has 0 unspecified atom stereocenters. The number of nitrogens with zero attached hydrogens (tertiary/aromatic N) is 1. The number of hydrogen-bond donors (Lipinski definition) is 1. The topological polar surface area (TPSA) is 71.3 Å². The molecule has 0 heterocycles. The first kappa shape index (κ1) is 25.2. The third-order valence-corrected chi connectivity index (χ3v) is 5.38. The van der Waals surface area contributed by atoms with Crippen molar-refractivity contribution in [1.82, 2.24) is 5.32 Å². The lowest BCUT2D eigenvalue weighted by molar-refractivity contribution is -0.117. The van der Waals surface area contributed by atoms with Crippen LogP contribution >= 0.6 is 23.2 Å². The zero-order valence-electron chi connectivity index (χ0n) is 18.7. The Hall–Kier alpha value is -3.46. The number of carbonyl (C=O) groups is 1. The number of nitriles is 1. The SMILES string of the molecule is CCOc1cc(/C=C(\C#N)C(=O)NCCc2ccccc2)cc(Cl)c1OCc1ccc(Cl)cc1. The molecule has 0 radical (unpaired) electrons. The van der Waals surface area contributed by atoms with Crippen molar-refractivity contribution < 1.29 is 14.3 Å². The number of ether oxygens (including phenoxy) is 2. The van der Waals surface area contributed by atoms with Gasteiger partial charge in [-0.1, -0.05) is 65.7 Å². The molecule has 0 bridgehead atoms. The fraction of sp³-hybridized carbons (Fsp3) is 0.185. The van der Waals surface area contributed by atoms with Gasteiger partial charge in [-0.25, -0.2) is 0 Å². The molecule has 7 heteroatoms. The molecule has 0 atom stereocenters. The Morgan fingerprint density at radius 2 is 1.76 bits per heavy atom. The minimum absolute atomic E-state index is 0.0265. The molecule has 0 aromatic heterocycles. The number of rotatable bonds is 10. The highest BCUT2D eigenvalue weighted by atomic mass is 35.5. The van der Waals surface area contributed by atoms with E-state index in [1.165, 1.54) is 6.08 Å². The molecule has 5 nitrogen and oxygen atoms in total. The molecule has 3 aromatic carbocycles. The Balaban J connectivity index is 1.73. The Morgan fingerprint density at radius 3 is 2.44 bits per heavy atom. The van der Waals surface area contributed by atoms with Gasteiger partial charge in [-0.05, 0) is 60.4 Å². The predicted molar refractivity (Wildman–Crippen MR) is 135 cm³/mol. The number of nitrogens with one attached hydrogen (secondary N) is 1. The van der Waals surface area contributed by atoms with Crippen LogP contribution in [-0.2, 0) is 17.8 Å². The van der Waals surface area contributed by atoms with Crippen LogP contribution in [0.5, 0.6) is 11.5 Å². The van der Waals surface area contributed by atoms with Crippen LogP contribution < -0.4 is 14.8 Å². The Labute approximate surface area is 209 Å². The highest BCUT2D eigenvalue weighted by Gasteiger charge is 2.15. The van der Waals surface area contributed by atoms with Gasteiger partial charge in [0, 0.05) is 11.6 Å². The van der Waals surface area contributed by atoms with Gasteiger partial charge in [0.15, 0.2) is 11.5 Å². The van der Waals surface area contributed by atoms with Crippen LogP contribution in [-0.4, -0.2) is 19.1 Å². The molecule has 34 heavy (non-hydrogen) atoms. The molecular formula is C27H24Cl2N2O3. The van der Waals surface area contributed by atoms with E-state index in [0.29, 0.717) is 46.7 Å². The van der Waals surface area contributed by atoms with Crippen molar-refractivity contribution in [3.05, 3.63) is 99.0 Å². The van der Waals surface area contributed by atoms with Gasteiger partial charge >= 0.3 is 0 Å². The summed E-state index contributed by atoms with van der Waals surface area (Å²) in [5, 5.41) is 13.3. The van der Waals surface area contributed by atoms with Crippen molar-refractivity contribution in [2.45, 2.75) is 20.0 Å². The van der Waals surface area contributed by atoms with Gasteiger partial charge in [0.05, 0.1) is 11.6 Å². The summed E-state index contributed by atoms with van der Waals surface area (Å²) in [4.78, 5) is 12.5. The smallest absolute Gasteiger partial charge is 0.261 e. The standard InChI is InChI=1S/C27H24Cl2N2O3/c1-2-33-25-16-21(15-24(29)26(25)34-18-20-8-10-23(28)11-9-20)14-22(17-30)27(32)31-13-12-19-6-4-3-5-7-19/h3-11,14-16H,2,12-13,18H2,1H3,(H,31,32)/b22-14+. The van der Waals surface area contributed by atoms with Crippen molar-refractivity contribution in [2.75, 3.05) is 13.2 Å². The number of amides is 1. The zero-order valence-corrected chi connectivity index (χ0v) is 20.2. The zero-order chi connectivity index (χ0) is 24.3. The lowest BCUT2D eigenvalue weighted by atomic mass is 10.1. The fourth-order valence-corrected chi connectivity index (χ4v) is 3.59. The van der Waals surface area contributed by atoms with Gasteiger partial charge in [0.1, 0.15) is 18.2 Å². The average Bonchev–Trinajstić information content (AvgIpc) is 2.84. The third-order valence-electron chi connectivity index (χ3n) is 4.85. The number of carbonyl (C=O) groups excluding carboxylic acids is 1. The molecule has 0 saturated heterocycles. The summed E-state index contributed by atoms with van der Waals surface area (Å²) in [7, 11) is 0. The van der Waals surface area contributed by atoms with E-state index in [0.717, 1.165) is 11.1 Å². The normalized spacial score (nSPS) is 10.9. The molecule has 0 aliphatic rings. The van der Waals surface area contributed by atoms with E-state index >= 15 is 0 Å². The van der Waals surface area contributed by atoms with E-state index in [-0.39, 0.29) is 12.2 Å². The van der Waals surface area contributed by atoms with Crippen LogP contribution in [0.15, 0.2) is 72.3 Å². The molecule has 1 amide bonds. The van der Waals surface area contributed by atoms with Crippen molar-refractivity contribution in [3.8, 4) is 17.6 Å². The number of hydrogen-bond acceptors (Lipinski definition) is 4. The van der Waals surface area contributed by atoms with E-state index in [9.17, 15) is 10.1 Å². The molecule has 3 aromatic rings. The van der Waals surface area contributed by atoms with Crippen molar-refractivity contribution >= 4 is 35.2 Å². The predicted octanol–water partition coefficient (Wildman–Crippen LogP) is 6.24. The van der Waals surface area contributed by atoms with Gasteiger partial charge in [-0.2, -0.15) is 5.26 Å². The first-order valence-electron chi connectivity index (χ1n) is 10.8. The van der Waals surface area contributed by atoms with Gasteiger partial charge in [0.2, 0.25) is 0 Å². The molecule has 0 fully saturated rings. The van der Waals surface area contributed by atoms with E-state index < -0.39 is 5.91 Å². The summed E-state index contributed by atoms with van der Waals surface area (Å²) in [6.07, 6.45) is 2.15. The molecule has 3 rings (SSSR count). The van der Waals surface area contributed by atoms with Crippen LogP contribution in [0.3, 0.4) is 0 Å². The minimum atomic E-state index is -0.449. The Morgan fingerprint density at radius 1 is 1.03 bits per heavy atom.